The first-order valence-electron chi connectivity index (χ1n) is 7.34. The maximum absolute atomic E-state index is 11.8. The largest absolute Gasteiger partial charge is 0.299 e. The van der Waals surface area contributed by atoms with E-state index in [4.69, 9.17) is 0 Å². The fourth-order valence-corrected chi connectivity index (χ4v) is 2.10. The van der Waals surface area contributed by atoms with Crippen molar-refractivity contribution in [1.29, 1.82) is 0 Å². The number of Topliss-reactive ketones (excluding diaryl/α,β-unsaturated/α-hetero) is 2. The highest BCUT2D eigenvalue weighted by Crippen LogP contribution is 2.10. The molecular weight excluding hydrogens is 236 g/mol. The Bertz CT molecular complexity index is 382. The Morgan fingerprint density at radius 3 is 2.21 bits per heavy atom. The van der Waals surface area contributed by atoms with Gasteiger partial charge in [0, 0.05) is 12.0 Å². The molecule has 0 amide bonds. The molecule has 0 spiro atoms. The fourth-order valence-electron chi connectivity index (χ4n) is 2.10. The van der Waals surface area contributed by atoms with Gasteiger partial charge in [-0.3, -0.25) is 9.59 Å². The van der Waals surface area contributed by atoms with Crippen LogP contribution in [-0.4, -0.2) is 11.6 Å². The van der Waals surface area contributed by atoms with Crippen molar-refractivity contribution >= 4 is 11.6 Å². The van der Waals surface area contributed by atoms with Crippen molar-refractivity contribution < 1.29 is 9.59 Å². The van der Waals surface area contributed by atoms with Gasteiger partial charge in [-0.1, -0.05) is 69.4 Å². The van der Waals surface area contributed by atoms with Crippen LogP contribution >= 0.6 is 0 Å². The Morgan fingerprint density at radius 1 is 0.895 bits per heavy atom. The van der Waals surface area contributed by atoms with Crippen LogP contribution in [0.2, 0.25) is 0 Å². The Hall–Kier alpha value is -1.44. The normalized spacial score (nSPS) is 10.4. The van der Waals surface area contributed by atoms with Crippen molar-refractivity contribution in [2.24, 2.45) is 0 Å². The van der Waals surface area contributed by atoms with E-state index in [-0.39, 0.29) is 18.0 Å². The zero-order valence-electron chi connectivity index (χ0n) is 11.9. The average Bonchev–Trinajstić information content (AvgIpc) is 2.43. The molecule has 2 heteroatoms. The summed E-state index contributed by atoms with van der Waals surface area (Å²) in [4.78, 5) is 23.5. The molecule has 1 aromatic carbocycles. The van der Waals surface area contributed by atoms with Crippen LogP contribution in [0.15, 0.2) is 30.3 Å². The first-order valence-corrected chi connectivity index (χ1v) is 7.34. The van der Waals surface area contributed by atoms with Crippen LogP contribution in [0.4, 0.5) is 0 Å². The first kappa shape index (κ1) is 15.6. The summed E-state index contributed by atoms with van der Waals surface area (Å²) >= 11 is 0. The molecule has 0 radical (unpaired) electrons. The lowest BCUT2D eigenvalue weighted by molar-refractivity contribution is -0.118. The number of ketones is 2. The highest BCUT2D eigenvalue weighted by Gasteiger charge is 2.10. The van der Waals surface area contributed by atoms with Crippen molar-refractivity contribution in [2.75, 3.05) is 0 Å². The van der Waals surface area contributed by atoms with E-state index in [1.807, 2.05) is 18.2 Å². The quantitative estimate of drug-likeness (QED) is 0.350. The molecule has 0 saturated carbocycles. The smallest absolute Gasteiger partial charge is 0.170 e. The van der Waals surface area contributed by atoms with Gasteiger partial charge in [0.15, 0.2) is 5.78 Å². The van der Waals surface area contributed by atoms with E-state index >= 15 is 0 Å². The van der Waals surface area contributed by atoms with Crippen LogP contribution in [-0.2, 0) is 4.79 Å². The molecule has 0 heterocycles. The van der Waals surface area contributed by atoms with Gasteiger partial charge in [-0.25, -0.2) is 0 Å². The Kier molecular flexibility index (Phi) is 7.80. The summed E-state index contributed by atoms with van der Waals surface area (Å²) in [5.74, 6) is 0.0147. The monoisotopic (exact) mass is 260 g/mol. The van der Waals surface area contributed by atoms with Crippen LogP contribution in [0, 0.1) is 0 Å². The standard InChI is InChI=1S/C17H24O2/c1-2-3-4-5-6-10-13-16(18)14-17(19)15-11-8-7-9-12-15/h7-9,11-12H,2-6,10,13-14H2,1H3. The van der Waals surface area contributed by atoms with E-state index in [0.717, 1.165) is 12.8 Å². The average molecular weight is 260 g/mol. The van der Waals surface area contributed by atoms with Crippen LogP contribution in [0.3, 0.4) is 0 Å². The number of carbonyl (C=O) groups excluding carboxylic acids is 2. The van der Waals surface area contributed by atoms with E-state index in [9.17, 15) is 9.59 Å². The second-order valence-corrected chi connectivity index (χ2v) is 5.02. The third kappa shape index (κ3) is 6.90. The summed E-state index contributed by atoms with van der Waals surface area (Å²) in [6.45, 7) is 2.19. The van der Waals surface area contributed by atoms with Crippen LogP contribution in [0.25, 0.3) is 0 Å². The molecule has 0 unspecified atom stereocenters. The van der Waals surface area contributed by atoms with Crippen molar-refractivity contribution in [2.45, 2.75) is 58.3 Å². The molecule has 0 saturated heterocycles. The minimum atomic E-state index is -0.0587. The van der Waals surface area contributed by atoms with Gasteiger partial charge in [-0.05, 0) is 6.42 Å². The molecule has 0 fully saturated rings. The summed E-state index contributed by atoms with van der Waals surface area (Å²) in [6, 6.07) is 9.05. The molecule has 0 aromatic heterocycles. The lowest BCUT2D eigenvalue weighted by atomic mass is 10.0. The van der Waals surface area contributed by atoms with E-state index < -0.39 is 0 Å². The third-order valence-electron chi connectivity index (χ3n) is 3.26. The molecule has 0 atom stereocenters. The Balaban J connectivity index is 2.16. The third-order valence-corrected chi connectivity index (χ3v) is 3.26. The maximum atomic E-state index is 11.8. The molecule has 0 bridgehead atoms. The topological polar surface area (TPSA) is 34.1 Å². The van der Waals surface area contributed by atoms with E-state index in [2.05, 4.69) is 6.92 Å². The second kappa shape index (κ2) is 9.48. The summed E-state index contributed by atoms with van der Waals surface area (Å²) < 4.78 is 0. The summed E-state index contributed by atoms with van der Waals surface area (Å²) in [7, 11) is 0. The van der Waals surface area contributed by atoms with Crippen LogP contribution < -0.4 is 0 Å². The zero-order chi connectivity index (χ0) is 13.9. The van der Waals surface area contributed by atoms with Gasteiger partial charge < -0.3 is 0 Å². The van der Waals surface area contributed by atoms with Gasteiger partial charge in [-0.15, -0.1) is 0 Å². The lowest BCUT2D eigenvalue weighted by Crippen LogP contribution is -2.07. The van der Waals surface area contributed by atoms with Gasteiger partial charge >= 0.3 is 0 Å². The summed E-state index contributed by atoms with van der Waals surface area (Å²) in [6.07, 6.45) is 7.60. The van der Waals surface area contributed by atoms with Crippen molar-refractivity contribution in [3.63, 3.8) is 0 Å². The van der Waals surface area contributed by atoms with E-state index in [0.29, 0.717) is 12.0 Å². The minimum absolute atomic E-state index is 0.0545. The van der Waals surface area contributed by atoms with Gasteiger partial charge in [0.25, 0.3) is 0 Å². The number of rotatable bonds is 10. The SMILES string of the molecule is CCCCCCCCC(=O)CC(=O)c1ccccc1. The molecule has 104 valence electrons. The van der Waals surface area contributed by atoms with Gasteiger partial charge in [0.05, 0.1) is 6.42 Å². The van der Waals surface area contributed by atoms with Crippen molar-refractivity contribution in [3.05, 3.63) is 35.9 Å². The van der Waals surface area contributed by atoms with E-state index in [1.165, 1.54) is 25.7 Å². The predicted molar refractivity (Wildman–Crippen MR) is 78.4 cm³/mol. The predicted octanol–water partition coefficient (Wildman–Crippen LogP) is 4.58. The number of benzene rings is 1. The van der Waals surface area contributed by atoms with Gasteiger partial charge in [-0.2, -0.15) is 0 Å². The molecule has 1 aromatic rings. The first-order chi connectivity index (χ1) is 9.24. The van der Waals surface area contributed by atoms with Crippen LogP contribution in [0.1, 0.15) is 68.6 Å². The minimum Gasteiger partial charge on any atom is -0.299 e. The number of hydrogen-bond donors (Lipinski definition) is 0. The van der Waals surface area contributed by atoms with Crippen LogP contribution in [0.5, 0.6) is 0 Å². The highest BCUT2D eigenvalue weighted by molar-refractivity contribution is 6.07. The van der Waals surface area contributed by atoms with E-state index in [1.54, 1.807) is 12.1 Å². The molecular formula is C17H24O2. The molecule has 0 aliphatic rings. The Labute approximate surface area is 116 Å². The molecule has 2 nitrogen and oxygen atoms in total. The zero-order valence-corrected chi connectivity index (χ0v) is 11.9. The Morgan fingerprint density at radius 2 is 1.53 bits per heavy atom. The molecule has 0 N–H and O–H groups in total. The molecule has 0 aliphatic heterocycles. The second-order valence-electron chi connectivity index (χ2n) is 5.02. The molecule has 19 heavy (non-hydrogen) atoms. The number of unbranched alkanes of at least 4 members (excludes halogenated alkanes) is 5. The lowest BCUT2D eigenvalue weighted by Gasteiger charge is -2.02. The fraction of sp³-hybridized carbons (Fsp3) is 0.529. The van der Waals surface area contributed by atoms with Crippen molar-refractivity contribution in [3.8, 4) is 0 Å². The van der Waals surface area contributed by atoms with Gasteiger partial charge in [0.1, 0.15) is 5.78 Å². The van der Waals surface area contributed by atoms with Crippen molar-refractivity contribution in [1.82, 2.24) is 0 Å². The van der Waals surface area contributed by atoms with Gasteiger partial charge in [0.2, 0.25) is 0 Å². The highest BCUT2D eigenvalue weighted by atomic mass is 16.1. The summed E-state index contributed by atoms with van der Waals surface area (Å²) in [5.41, 5.74) is 0.638. The maximum Gasteiger partial charge on any atom is 0.170 e. The summed E-state index contributed by atoms with van der Waals surface area (Å²) in [5, 5.41) is 0. The number of carbonyl (C=O) groups is 2. The molecule has 0 aliphatic carbocycles. The molecule has 1 rings (SSSR count). The number of hydrogen-bond acceptors (Lipinski definition) is 2.